The van der Waals surface area contributed by atoms with Crippen LogP contribution in [-0.2, 0) is 6.54 Å². The molecule has 0 spiro atoms. The molecule has 4 nitrogen and oxygen atoms in total. The van der Waals surface area contributed by atoms with Crippen molar-refractivity contribution in [3.8, 4) is 0 Å². The maximum Gasteiger partial charge on any atom is 0.208 e. The van der Waals surface area contributed by atoms with Crippen LogP contribution < -0.4 is 5.32 Å². The van der Waals surface area contributed by atoms with Crippen molar-refractivity contribution in [3.63, 3.8) is 0 Å². The molecule has 0 aliphatic carbocycles. The largest absolute Gasteiger partial charge is 0.444 e. The maximum absolute atomic E-state index is 5.68. The lowest BCUT2D eigenvalue weighted by atomic mass is 9.94. The van der Waals surface area contributed by atoms with E-state index in [1.807, 2.05) is 13.8 Å². The van der Waals surface area contributed by atoms with Crippen molar-refractivity contribution in [2.24, 2.45) is 5.92 Å². The molecule has 0 aromatic carbocycles. The van der Waals surface area contributed by atoms with Gasteiger partial charge < -0.3 is 9.73 Å². The number of piperidine rings is 1. The number of hydrogen-bond acceptors (Lipinski definition) is 4. The Hall–Kier alpha value is -0.870. The third-order valence-electron chi connectivity index (χ3n) is 4.08. The van der Waals surface area contributed by atoms with Gasteiger partial charge in [0.15, 0.2) is 0 Å². The van der Waals surface area contributed by atoms with Gasteiger partial charge in [0.05, 0.1) is 12.2 Å². The number of nitrogens with one attached hydrogen (secondary N) is 1. The van der Waals surface area contributed by atoms with Crippen LogP contribution in [0, 0.1) is 19.8 Å². The molecule has 108 valence electrons. The molecular formula is C15H27N3O. The molecule has 0 bridgehead atoms. The molecule has 1 aromatic heterocycles. The second-order valence-electron chi connectivity index (χ2n) is 5.81. The highest BCUT2D eigenvalue weighted by atomic mass is 16.4. The molecule has 2 rings (SSSR count). The van der Waals surface area contributed by atoms with E-state index in [1.165, 1.54) is 12.8 Å². The van der Waals surface area contributed by atoms with Gasteiger partial charge in [-0.05, 0) is 39.2 Å². The summed E-state index contributed by atoms with van der Waals surface area (Å²) in [6, 6.07) is 0.671. The van der Waals surface area contributed by atoms with Gasteiger partial charge in [-0.15, -0.1) is 0 Å². The first-order valence-electron chi connectivity index (χ1n) is 7.48. The Kier molecular flexibility index (Phi) is 4.99. The average molecular weight is 265 g/mol. The highest BCUT2D eigenvalue weighted by molar-refractivity contribution is 5.05. The van der Waals surface area contributed by atoms with Gasteiger partial charge in [-0.3, -0.25) is 4.90 Å². The van der Waals surface area contributed by atoms with E-state index in [0.717, 1.165) is 43.5 Å². The minimum atomic E-state index is 0.671. The predicted octanol–water partition coefficient (Wildman–Crippen LogP) is 2.50. The highest BCUT2D eigenvalue weighted by Crippen LogP contribution is 2.19. The van der Waals surface area contributed by atoms with Crippen molar-refractivity contribution in [2.75, 3.05) is 19.6 Å². The Labute approximate surface area is 116 Å². The van der Waals surface area contributed by atoms with E-state index >= 15 is 0 Å². The fraction of sp³-hybridized carbons (Fsp3) is 0.800. The summed E-state index contributed by atoms with van der Waals surface area (Å²) >= 11 is 0. The number of rotatable bonds is 5. The van der Waals surface area contributed by atoms with E-state index in [1.54, 1.807) is 0 Å². The Bertz CT molecular complexity index is 383. The quantitative estimate of drug-likeness (QED) is 0.888. The lowest BCUT2D eigenvalue weighted by Gasteiger charge is -2.36. The first kappa shape index (κ1) is 14.5. The molecule has 1 aliphatic heterocycles. The third kappa shape index (κ3) is 3.80. The molecule has 1 aromatic rings. The minimum absolute atomic E-state index is 0.671. The monoisotopic (exact) mass is 265 g/mol. The summed E-state index contributed by atoms with van der Waals surface area (Å²) < 4.78 is 5.68. The summed E-state index contributed by atoms with van der Waals surface area (Å²) in [6.07, 6.45) is 2.43. The van der Waals surface area contributed by atoms with Crippen molar-refractivity contribution < 1.29 is 4.42 Å². The zero-order valence-electron chi connectivity index (χ0n) is 12.7. The van der Waals surface area contributed by atoms with Crippen LogP contribution in [0.2, 0.25) is 0 Å². The summed E-state index contributed by atoms with van der Waals surface area (Å²) in [5, 5.41) is 3.65. The van der Waals surface area contributed by atoms with Crippen LogP contribution in [0.25, 0.3) is 0 Å². The van der Waals surface area contributed by atoms with Gasteiger partial charge in [-0.1, -0.05) is 13.8 Å². The van der Waals surface area contributed by atoms with Gasteiger partial charge in [0.1, 0.15) is 5.76 Å². The van der Waals surface area contributed by atoms with E-state index in [4.69, 9.17) is 4.42 Å². The summed E-state index contributed by atoms with van der Waals surface area (Å²) in [5.41, 5.74) is 1.02. The summed E-state index contributed by atoms with van der Waals surface area (Å²) in [6.45, 7) is 12.8. The van der Waals surface area contributed by atoms with E-state index in [9.17, 15) is 0 Å². The fourth-order valence-corrected chi connectivity index (χ4v) is 2.81. The van der Waals surface area contributed by atoms with E-state index in [2.05, 4.69) is 29.0 Å². The Morgan fingerprint density at radius 2 is 2.21 bits per heavy atom. The zero-order valence-corrected chi connectivity index (χ0v) is 12.7. The Morgan fingerprint density at radius 1 is 1.42 bits per heavy atom. The molecule has 2 atom stereocenters. The van der Waals surface area contributed by atoms with Gasteiger partial charge in [0.25, 0.3) is 0 Å². The molecule has 0 radical (unpaired) electrons. The van der Waals surface area contributed by atoms with E-state index < -0.39 is 0 Å². The van der Waals surface area contributed by atoms with Crippen molar-refractivity contribution >= 4 is 0 Å². The van der Waals surface area contributed by atoms with Crippen LogP contribution in [0.15, 0.2) is 4.42 Å². The van der Waals surface area contributed by atoms with Gasteiger partial charge in [0.2, 0.25) is 5.89 Å². The van der Waals surface area contributed by atoms with Crippen molar-refractivity contribution in [1.29, 1.82) is 0 Å². The zero-order chi connectivity index (χ0) is 13.8. The number of likely N-dealkylation sites (tertiary alicyclic amines) is 1. The van der Waals surface area contributed by atoms with Gasteiger partial charge in [0, 0.05) is 19.1 Å². The molecule has 19 heavy (non-hydrogen) atoms. The minimum Gasteiger partial charge on any atom is -0.444 e. The molecule has 2 heterocycles. The molecule has 4 heteroatoms. The molecule has 0 saturated carbocycles. The molecule has 2 unspecified atom stereocenters. The molecule has 1 saturated heterocycles. The van der Waals surface area contributed by atoms with Gasteiger partial charge in [-0.2, -0.15) is 0 Å². The van der Waals surface area contributed by atoms with Crippen LogP contribution in [0.1, 0.15) is 44.0 Å². The van der Waals surface area contributed by atoms with Crippen LogP contribution in [0.4, 0.5) is 0 Å². The maximum atomic E-state index is 5.68. The van der Waals surface area contributed by atoms with Crippen molar-refractivity contribution in [3.05, 3.63) is 17.3 Å². The van der Waals surface area contributed by atoms with Crippen LogP contribution in [0.3, 0.4) is 0 Å². The van der Waals surface area contributed by atoms with Crippen molar-refractivity contribution in [2.45, 2.75) is 53.1 Å². The number of nitrogens with zero attached hydrogens (tertiary/aromatic N) is 2. The summed E-state index contributed by atoms with van der Waals surface area (Å²) in [4.78, 5) is 6.93. The van der Waals surface area contributed by atoms with E-state index in [0.29, 0.717) is 12.0 Å². The standard InChI is InChI=1S/C15H27N3O/c1-5-7-16-14-6-8-18(9-11(14)2)10-15-17-12(3)13(4)19-15/h11,14,16H,5-10H2,1-4H3. The molecule has 1 N–H and O–H groups in total. The number of aryl methyl sites for hydroxylation is 2. The van der Waals surface area contributed by atoms with Crippen LogP contribution in [-0.4, -0.2) is 35.6 Å². The number of oxazole rings is 1. The second-order valence-corrected chi connectivity index (χ2v) is 5.81. The smallest absolute Gasteiger partial charge is 0.208 e. The Morgan fingerprint density at radius 3 is 2.79 bits per heavy atom. The normalized spacial score (nSPS) is 24.8. The van der Waals surface area contributed by atoms with Crippen LogP contribution >= 0.6 is 0 Å². The average Bonchev–Trinajstić information content (AvgIpc) is 2.67. The summed E-state index contributed by atoms with van der Waals surface area (Å²) in [7, 11) is 0. The SMILES string of the molecule is CCCNC1CCN(Cc2nc(C)c(C)o2)CC1C. The number of hydrogen-bond donors (Lipinski definition) is 1. The predicted molar refractivity (Wildman–Crippen MR) is 77.1 cm³/mol. The topological polar surface area (TPSA) is 41.3 Å². The first-order chi connectivity index (χ1) is 9.10. The number of aromatic nitrogens is 1. The molecule has 1 aliphatic rings. The van der Waals surface area contributed by atoms with Gasteiger partial charge >= 0.3 is 0 Å². The fourth-order valence-electron chi connectivity index (χ4n) is 2.81. The van der Waals surface area contributed by atoms with E-state index in [-0.39, 0.29) is 0 Å². The molecule has 1 fully saturated rings. The molecular weight excluding hydrogens is 238 g/mol. The summed E-state index contributed by atoms with van der Waals surface area (Å²) in [5.74, 6) is 2.50. The third-order valence-corrected chi connectivity index (χ3v) is 4.08. The van der Waals surface area contributed by atoms with Gasteiger partial charge in [-0.25, -0.2) is 4.98 Å². The molecule has 0 amide bonds. The van der Waals surface area contributed by atoms with Crippen LogP contribution in [0.5, 0.6) is 0 Å². The lowest BCUT2D eigenvalue weighted by molar-refractivity contribution is 0.131. The second kappa shape index (κ2) is 6.53. The first-order valence-corrected chi connectivity index (χ1v) is 7.48. The highest BCUT2D eigenvalue weighted by Gasteiger charge is 2.26. The van der Waals surface area contributed by atoms with Crippen molar-refractivity contribution in [1.82, 2.24) is 15.2 Å². The lowest BCUT2D eigenvalue weighted by Crippen LogP contribution is -2.48. The Balaban J connectivity index is 1.84.